The van der Waals surface area contributed by atoms with Crippen molar-refractivity contribution >= 4 is 27.5 Å². The zero-order valence-electron chi connectivity index (χ0n) is 15.8. The Morgan fingerprint density at radius 1 is 1.00 bits per heavy atom. The Kier molecular flexibility index (Phi) is 4.41. The van der Waals surface area contributed by atoms with E-state index in [1.54, 1.807) is 37.3 Å². The Morgan fingerprint density at radius 2 is 1.64 bits per heavy atom. The number of pyridine rings is 1. The fourth-order valence-electron chi connectivity index (χ4n) is 3.92. The normalized spacial score (nSPS) is 19.0. The molecule has 2 aliphatic heterocycles. The first kappa shape index (κ1) is 18.5. The van der Waals surface area contributed by atoms with Gasteiger partial charge in [-0.05, 0) is 37.1 Å². The third kappa shape index (κ3) is 2.77. The van der Waals surface area contributed by atoms with Gasteiger partial charge >= 0.3 is 10.2 Å². The molecule has 1 saturated heterocycles. The number of likely N-dealkylation sites (tertiary alicyclic amines) is 1. The van der Waals surface area contributed by atoms with Gasteiger partial charge in [0.15, 0.2) is 0 Å². The molecule has 4 rings (SSSR count). The number of piperidine rings is 1. The van der Waals surface area contributed by atoms with Crippen LogP contribution in [0.4, 0.5) is 11.4 Å². The summed E-state index contributed by atoms with van der Waals surface area (Å²) in [5.74, 6) is -0.304. The molecule has 0 spiro atoms. The smallest absolute Gasteiger partial charge is 0.326 e. The van der Waals surface area contributed by atoms with E-state index in [1.165, 1.54) is 19.2 Å². The standard InChI is InChI=1S/C19H22N4O4S/c1-20-11-5-6-15(18(20)24)19(25)22-12-9-14(10-13-22)23-17-8-4-3-7-16(17)21(2)28(23,26)27/h3-8,11,14H,9-10,12-13H2,1-2H3. The lowest BCUT2D eigenvalue weighted by molar-refractivity contribution is 0.0713. The molecule has 0 bridgehead atoms. The summed E-state index contributed by atoms with van der Waals surface area (Å²) >= 11 is 0. The third-order valence-corrected chi connectivity index (χ3v) is 7.37. The molecule has 9 heteroatoms. The van der Waals surface area contributed by atoms with Crippen LogP contribution in [-0.2, 0) is 17.3 Å². The van der Waals surface area contributed by atoms with E-state index in [0.717, 1.165) is 0 Å². The van der Waals surface area contributed by atoms with Gasteiger partial charge in [0.1, 0.15) is 5.56 Å². The first-order valence-electron chi connectivity index (χ1n) is 9.14. The molecule has 0 saturated carbocycles. The minimum Gasteiger partial charge on any atom is -0.338 e. The van der Waals surface area contributed by atoms with E-state index in [0.29, 0.717) is 37.3 Å². The van der Waals surface area contributed by atoms with Crippen LogP contribution in [0.1, 0.15) is 23.2 Å². The average molecular weight is 402 g/mol. The van der Waals surface area contributed by atoms with E-state index in [-0.39, 0.29) is 23.1 Å². The van der Waals surface area contributed by atoms with E-state index >= 15 is 0 Å². The van der Waals surface area contributed by atoms with E-state index in [4.69, 9.17) is 0 Å². The number of aromatic nitrogens is 1. The number of rotatable bonds is 2. The van der Waals surface area contributed by atoms with Crippen molar-refractivity contribution < 1.29 is 13.2 Å². The molecule has 0 N–H and O–H groups in total. The van der Waals surface area contributed by atoms with Gasteiger partial charge in [-0.15, -0.1) is 0 Å². The minimum absolute atomic E-state index is 0.141. The van der Waals surface area contributed by atoms with Crippen LogP contribution in [0.15, 0.2) is 47.4 Å². The van der Waals surface area contributed by atoms with Crippen molar-refractivity contribution in [2.75, 3.05) is 28.7 Å². The molecule has 1 fully saturated rings. The summed E-state index contributed by atoms with van der Waals surface area (Å²) in [7, 11) is -0.455. The number of carbonyl (C=O) groups excluding carboxylic acids is 1. The highest BCUT2D eigenvalue weighted by molar-refractivity contribution is 7.94. The molecule has 148 valence electrons. The molecule has 28 heavy (non-hydrogen) atoms. The third-order valence-electron chi connectivity index (χ3n) is 5.49. The lowest BCUT2D eigenvalue weighted by atomic mass is 10.0. The zero-order valence-corrected chi connectivity index (χ0v) is 16.6. The number of aryl methyl sites for hydroxylation is 1. The topological polar surface area (TPSA) is 82.9 Å². The van der Waals surface area contributed by atoms with E-state index < -0.39 is 10.2 Å². The summed E-state index contributed by atoms with van der Waals surface area (Å²) in [6.07, 6.45) is 2.64. The second-order valence-electron chi connectivity index (χ2n) is 7.12. The summed E-state index contributed by atoms with van der Waals surface area (Å²) < 4.78 is 29.9. The van der Waals surface area contributed by atoms with Crippen molar-refractivity contribution in [3.05, 3.63) is 58.5 Å². The van der Waals surface area contributed by atoms with Gasteiger partial charge in [0.05, 0.1) is 17.4 Å². The number of benzene rings is 1. The highest BCUT2D eigenvalue weighted by Gasteiger charge is 2.43. The molecular weight excluding hydrogens is 380 g/mol. The number of carbonyl (C=O) groups is 1. The van der Waals surface area contributed by atoms with Gasteiger partial charge in [0.2, 0.25) is 0 Å². The molecule has 0 unspecified atom stereocenters. The van der Waals surface area contributed by atoms with Crippen LogP contribution >= 0.6 is 0 Å². The monoisotopic (exact) mass is 402 g/mol. The molecule has 3 heterocycles. The van der Waals surface area contributed by atoms with Crippen LogP contribution in [0.5, 0.6) is 0 Å². The molecule has 0 aliphatic carbocycles. The fraction of sp³-hybridized carbons (Fsp3) is 0.368. The first-order chi connectivity index (χ1) is 13.3. The van der Waals surface area contributed by atoms with E-state index in [2.05, 4.69) is 0 Å². The predicted molar refractivity (Wildman–Crippen MR) is 107 cm³/mol. The van der Waals surface area contributed by atoms with Crippen LogP contribution < -0.4 is 14.2 Å². The predicted octanol–water partition coefficient (Wildman–Crippen LogP) is 1.19. The summed E-state index contributed by atoms with van der Waals surface area (Å²) in [6.45, 7) is 0.804. The van der Waals surface area contributed by atoms with Crippen LogP contribution in [0.25, 0.3) is 0 Å². The second kappa shape index (κ2) is 6.66. The molecule has 0 atom stereocenters. The summed E-state index contributed by atoms with van der Waals surface area (Å²) in [5.41, 5.74) is 1.15. The zero-order chi connectivity index (χ0) is 20.1. The number of fused-ring (bicyclic) bond motifs is 1. The quantitative estimate of drug-likeness (QED) is 0.756. The summed E-state index contributed by atoms with van der Waals surface area (Å²) in [4.78, 5) is 26.6. The SMILES string of the molecule is CN1c2ccccc2N(C2CCN(C(=O)c3cccn(C)c3=O)CC2)S1(=O)=O. The van der Waals surface area contributed by atoms with Crippen LogP contribution in [0, 0.1) is 0 Å². The number of para-hydroxylation sites is 2. The first-order valence-corrected chi connectivity index (χ1v) is 10.5. The summed E-state index contributed by atoms with van der Waals surface area (Å²) in [6, 6.07) is 10.2. The van der Waals surface area contributed by atoms with Gasteiger partial charge < -0.3 is 9.47 Å². The molecule has 1 aromatic heterocycles. The number of anilines is 2. The number of hydrogen-bond acceptors (Lipinski definition) is 4. The molecular formula is C19H22N4O4S. The van der Waals surface area contributed by atoms with E-state index in [9.17, 15) is 18.0 Å². The minimum atomic E-state index is -3.62. The maximum absolute atomic E-state index is 12.9. The van der Waals surface area contributed by atoms with Crippen molar-refractivity contribution in [2.24, 2.45) is 7.05 Å². The van der Waals surface area contributed by atoms with Crippen molar-refractivity contribution in [1.82, 2.24) is 9.47 Å². The second-order valence-corrected chi connectivity index (χ2v) is 8.96. The van der Waals surface area contributed by atoms with Gasteiger partial charge in [-0.2, -0.15) is 8.42 Å². The molecule has 8 nitrogen and oxygen atoms in total. The lowest BCUT2D eigenvalue weighted by Crippen LogP contribution is -2.50. The highest BCUT2D eigenvalue weighted by Crippen LogP contribution is 2.42. The number of amides is 1. The lowest BCUT2D eigenvalue weighted by Gasteiger charge is -2.36. The van der Waals surface area contributed by atoms with Crippen molar-refractivity contribution in [3.8, 4) is 0 Å². The van der Waals surface area contributed by atoms with E-state index in [1.807, 2.05) is 18.2 Å². The fourth-order valence-corrected chi connectivity index (χ4v) is 5.57. The Balaban J connectivity index is 1.54. The average Bonchev–Trinajstić information content (AvgIpc) is 2.90. The van der Waals surface area contributed by atoms with Gasteiger partial charge in [-0.25, -0.2) is 4.31 Å². The Labute approximate surface area is 163 Å². The summed E-state index contributed by atoms with van der Waals surface area (Å²) in [5, 5.41) is 0. The number of nitrogens with zero attached hydrogens (tertiary/aromatic N) is 4. The molecule has 1 amide bonds. The Bertz CT molecular complexity index is 1090. The van der Waals surface area contributed by atoms with Gasteiger partial charge in [0.25, 0.3) is 11.5 Å². The van der Waals surface area contributed by atoms with Crippen molar-refractivity contribution in [2.45, 2.75) is 18.9 Å². The van der Waals surface area contributed by atoms with Gasteiger partial charge in [0, 0.05) is 33.4 Å². The Hall–Kier alpha value is -2.81. The largest absolute Gasteiger partial charge is 0.338 e. The molecule has 1 aromatic carbocycles. The van der Waals surface area contributed by atoms with Crippen LogP contribution in [-0.4, -0.2) is 50.0 Å². The van der Waals surface area contributed by atoms with Crippen molar-refractivity contribution in [1.29, 1.82) is 0 Å². The molecule has 0 radical (unpaired) electrons. The molecule has 2 aromatic rings. The Morgan fingerprint density at radius 3 is 2.32 bits per heavy atom. The van der Waals surface area contributed by atoms with Crippen LogP contribution in [0.3, 0.4) is 0 Å². The van der Waals surface area contributed by atoms with Gasteiger partial charge in [-0.1, -0.05) is 12.1 Å². The highest BCUT2D eigenvalue weighted by atomic mass is 32.2. The number of hydrogen-bond donors (Lipinski definition) is 0. The molecule has 2 aliphatic rings. The maximum Gasteiger partial charge on any atom is 0.326 e. The maximum atomic E-state index is 12.9. The van der Waals surface area contributed by atoms with Crippen molar-refractivity contribution in [3.63, 3.8) is 0 Å². The van der Waals surface area contributed by atoms with Gasteiger partial charge in [-0.3, -0.25) is 13.9 Å². The van der Waals surface area contributed by atoms with Crippen LogP contribution in [0.2, 0.25) is 0 Å².